The van der Waals surface area contributed by atoms with Gasteiger partial charge in [-0.15, -0.1) is 0 Å². The van der Waals surface area contributed by atoms with Gasteiger partial charge >= 0.3 is 0 Å². The van der Waals surface area contributed by atoms with Gasteiger partial charge in [0.1, 0.15) is 0 Å². The smallest absolute Gasteiger partial charge is 0.256 e. The van der Waals surface area contributed by atoms with Gasteiger partial charge in [-0.2, -0.15) is 5.10 Å². The lowest BCUT2D eigenvalue weighted by Crippen LogP contribution is -2.40. The number of H-pyrrole nitrogens is 1. The van der Waals surface area contributed by atoms with E-state index in [1.165, 1.54) is 0 Å². The fourth-order valence-electron chi connectivity index (χ4n) is 2.73. The number of benzene rings is 1. The lowest BCUT2D eigenvalue weighted by molar-refractivity contribution is 0.0635. The zero-order valence-corrected chi connectivity index (χ0v) is 11.8. The van der Waals surface area contributed by atoms with Crippen LogP contribution in [0.4, 0.5) is 0 Å². The van der Waals surface area contributed by atoms with Crippen LogP contribution < -0.4 is 0 Å². The van der Waals surface area contributed by atoms with Gasteiger partial charge in [0.05, 0.1) is 29.9 Å². The fourth-order valence-corrected chi connectivity index (χ4v) is 2.73. The summed E-state index contributed by atoms with van der Waals surface area (Å²) in [5.74, 6) is 0.0564. The largest absolute Gasteiger partial charge is 0.379 e. The molecule has 1 N–H and O–H groups in total. The van der Waals surface area contributed by atoms with E-state index in [0.717, 1.165) is 36.0 Å². The highest BCUT2D eigenvalue weighted by Gasteiger charge is 2.25. The molecule has 5 nitrogen and oxygen atoms in total. The van der Waals surface area contributed by atoms with Crippen LogP contribution in [0.15, 0.2) is 18.3 Å². The molecule has 20 heavy (non-hydrogen) atoms. The van der Waals surface area contributed by atoms with Crippen molar-refractivity contribution in [2.45, 2.75) is 26.3 Å². The second-order valence-electron chi connectivity index (χ2n) is 5.42. The van der Waals surface area contributed by atoms with Crippen LogP contribution in [0, 0.1) is 6.92 Å². The first-order chi connectivity index (χ1) is 9.66. The number of hydrogen-bond acceptors (Lipinski definition) is 3. The Hall–Kier alpha value is -1.88. The fraction of sp³-hybridized carbons (Fsp3) is 0.467. The number of rotatable bonds is 1. The van der Waals surface area contributed by atoms with Gasteiger partial charge in [0, 0.05) is 18.5 Å². The number of hydrogen-bond donors (Lipinski definition) is 1. The quantitative estimate of drug-likeness (QED) is 0.866. The van der Waals surface area contributed by atoms with E-state index in [1.54, 1.807) is 6.20 Å². The van der Waals surface area contributed by atoms with E-state index in [1.807, 2.05) is 30.9 Å². The molecule has 0 aliphatic carbocycles. The minimum Gasteiger partial charge on any atom is -0.379 e. The van der Waals surface area contributed by atoms with Crippen molar-refractivity contribution in [2.24, 2.45) is 0 Å². The zero-order valence-electron chi connectivity index (χ0n) is 11.8. The van der Waals surface area contributed by atoms with Crippen LogP contribution in [0.5, 0.6) is 0 Å². The Labute approximate surface area is 117 Å². The van der Waals surface area contributed by atoms with Gasteiger partial charge in [-0.1, -0.05) is 0 Å². The number of aromatic nitrogens is 2. The summed E-state index contributed by atoms with van der Waals surface area (Å²) in [6.07, 6.45) is 2.64. The Morgan fingerprint density at radius 1 is 1.50 bits per heavy atom. The van der Waals surface area contributed by atoms with Crippen LogP contribution in [-0.4, -0.2) is 46.8 Å². The standard InChI is InChI=1S/C15H19N3O2/c1-10-6-12-8-16-17-14(12)13(7-10)15(19)18-4-3-5-20-9-11(18)2/h6-8,11H,3-5,9H2,1-2H3,(H,16,17). The molecule has 2 aromatic rings. The molecule has 0 bridgehead atoms. The lowest BCUT2D eigenvalue weighted by atomic mass is 10.1. The molecule has 1 aliphatic heterocycles. The van der Waals surface area contributed by atoms with Crippen molar-refractivity contribution in [2.75, 3.05) is 19.8 Å². The average molecular weight is 273 g/mol. The first kappa shape index (κ1) is 13.1. The zero-order chi connectivity index (χ0) is 14.1. The molecule has 2 heterocycles. The summed E-state index contributed by atoms with van der Waals surface area (Å²) in [7, 11) is 0. The summed E-state index contributed by atoms with van der Waals surface area (Å²) in [4.78, 5) is 14.8. The van der Waals surface area contributed by atoms with Crippen molar-refractivity contribution in [3.63, 3.8) is 0 Å². The highest BCUT2D eigenvalue weighted by Crippen LogP contribution is 2.21. The molecule has 5 heteroatoms. The van der Waals surface area contributed by atoms with Crippen LogP contribution in [0.2, 0.25) is 0 Å². The first-order valence-corrected chi connectivity index (χ1v) is 6.99. The van der Waals surface area contributed by atoms with Crippen LogP contribution >= 0.6 is 0 Å². The van der Waals surface area contributed by atoms with Gasteiger partial charge in [0.2, 0.25) is 0 Å². The van der Waals surface area contributed by atoms with Crippen LogP contribution in [-0.2, 0) is 4.74 Å². The molecule has 1 aromatic heterocycles. The number of nitrogens with one attached hydrogen (secondary N) is 1. The average Bonchev–Trinajstić information content (AvgIpc) is 2.78. The lowest BCUT2D eigenvalue weighted by Gasteiger charge is -2.26. The molecule has 1 atom stereocenters. The molecule has 3 rings (SSSR count). The minimum absolute atomic E-state index is 0.0564. The van der Waals surface area contributed by atoms with Gasteiger partial charge in [-0.05, 0) is 38.0 Å². The summed E-state index contributed by atoms with van der Waals surface area (Å²) in [6.45, 7) is 6.09. The van der Waals surface area contributed by atoms with Crippen molar-refractivity contribution >= 4 is 16.8 Å². The number of amides is 1. The Bertz CT molecular complexity index is 635. The van der Waals surface area contributed by atoms with E-state index < -0.39 is 0 Å². The number of aryl methyl sites for hydroxylation is 1. The predicted molar refractivity (Wildman–Crippen MR) is 76.8 cm³/mol. The third-order valence-electron chi connectivity index (χ3n) is 3.76. The topological polar surface area (TPSA) is 58.2 Å². The predicted octanol–water partition coefficient (Wildman–Crippen LogP) is 2.12. The van der Waals surface area contributed by atoms with Crippen molar-refractivity contribution in [1.29, 1.82) is 0 Å². The maximum absolute atomic E-state index is 12.8. The summed E-state index contributed by atoms with van der Waals surface area (Å²) >= 11 is 0. The van der Waals surface area contributed by atoms with Crippen LogP contribution in [0.25, 0.3) is 10.9 Å². The summed E-state index contributed by atoms with van der Waals surface area (Å²) in [6, 6.07) is 4.06. The number of carbonyl (C=O) groups is 1. The van der Waals surface area contributed by atoms with Gasteiger partial charge in [0.15, 0.2) is 0 Å². The molecule has 1 fully saturated rings. The third-order valence-corrected chi connectivity index (χ3v) is 3.76. The van der Waals surface area contributed by atoms with E-state index >= 15 is 0 Å². The number of carbonyl (C=O) groups excluding carboxylic acids is 1. The van der Waals surface area contributed by atoms with E-state index in [0.29, 0.717) is 12.2 Å². The third kappa shape index (κ3) is 2.29. The summed E-state index contributed by atoms with van der Waals surface area (Å²) in [5, 5.41) is 7.96. The normalized spacial score (nSPS) is 20.1. The van der Waals surface area contributed by atoms with Gasteiger partial charge in [-0.3, -0.25) is 9.89 Å². The highest BCUT2D eigenvalue weighted by atomic mass is 16.5. The second-order valence-corrected chi connectivity index (χ2v) is 5.42. The Morgan fingerprint density at radius 3 is 3.20 bits per heavy atom. The summed E-state index contributed by atoms with van der Waals surface area (Å²) < 4.78 is 5.51. The number of aromatic amines is 1. The Morgan fingerprint density at radius 2 is 2.35 bits per heavy atom. The van der Waals surface area contributed by atoms with E-state index in [2.05, 4.69) is 10.2 Å². The molecule has 1 amide bonds. The molecule has 106 valence electrons. The van der Waals surface area contributed by atoms with Crippen LogP contribution in [0.3, 0.4) is 0 Å². The van der Waals surface area contributed by atoms with E-state index in [-0.39, 0.29) is 11.9 Å². The summed E-state index contributed by atoms with van der Waals surface area (Å²) in [5.41, 5.74) is 2.59. The molecular weight excluding hydrogens is 254 g/mol. The maximum Gasteiger partial charge on any atom is 0.256 e. The van der Waals surface area contributed by atoms with Crippen LogP contribution in [0.1, 0.15) is 29.3 Å². The van der Waals surface area contributed by atoms with Crippen molar-refractivity contribution in [3.05, 3.63) is 29.5 Å². The van der Waals surface area contributed by atoms with E-state index in [9.17, 15) is 4.79 Å². The number of fused-ring (bicyclic) bond motifs is 1. The molecule has 1 saturated heterocycles. The Balaban J connectivity index is 2.01. The SMILES string of the molecule is Cc1cc(C(=O)N2CCCOCC2C)c2[nH]ncc2c1. The maximum atomic E-state index is 12.8. The molecule has 0 saturated carbocycles. The highest BCUT2D eigenvalue weighted by molar-refractivity contribution is 6.05. The van der Waals surface area contributed by atoms with Gasteiger partial charge in [-0.25, -0.2) is 0 Å². The molecular formula is C15H19N3O2. The monoisotopic (exact) mass is 273 g/mol. The molecule has 1 unspecified atom stereocenters. The van der Waals surface area contributed by atoms with Crippen molar-refractivity contribution < 1.29 is 9.53 Å². The molecule has 1 aliphatic rings. The minimum atomic E-state index is 0.0564. The second kappa shape index (κ2) is 5.25. The Kier molecular flexibility index (Phi) is 3.44. The number of nitrogens with zero attached hydrogens (tertiary/aromatic N) is 2. The van der Waals surface area contributed by atoms with Crippen molar-refractivity contribution in [1.82, 2.24) is 15.1 Å². The van der Waals surface area contributed by atoms with E-state index in [4.69, 9.17) is 4.74 Å². The molecule has 0 radical (unpaired) electrons. The van der Waals surface area contributed by atoms with Crippen molar-refractivity contribution in [3.8, 4) is 0 Å². The van der Waals surface area contributed by atoms with Gasteiger partial charge < -0.3 is 9.64 Å². The first-order valence-electron chi connectivity index (χ1n) is 6.99. The molecule has 1 aromatic carbocycles. The number of ether oxygens (including phenoxy) is 1. The van der Waals surface area contributed by atoms with Gasteiger partial charge in [0.25, 0.3) is 5.91 Å². The molecule has 0 spiro atoms.